The Kier molecular flexibility index (Phi) is 5.11. The standard InChI is InChI=1S/C12H14F9I/c1-3-4-5-7(22)6(2)8(13)9(14,15)11(18,19)12(20,21)10(8,16)17/h6-7H,3-5H2,1-2H3. The van der Waals surface area contributed by atoms with Crippen LogP contribution in [0.3, 0.4) is 0 Å². The third-order valence-corrected chi connectivity index (χ3v) is 5.80. The normalized spacial score (nSPS) is 30.0. The van der Waals surface area contributed by atoms with Crippen molar-refractivity contribution >= 4 is 22.6 Å². The summed E-state index contributed by atoms with van der Waals surface area (Å²) in [7, 11) is 0. The van der Waals surface area contributed by atoms with Crippen molar-refractivity contribution in [3.63, 3.8) is 0 Å². The Balaban J connectivity index is 3.42. The molecule has 1 aliphatic carbocycles. The minimum absolute atomic E-state index is 0.0345. The van der Waals surface area contributed by atoms with Gasteiger partial charge in [0.05, 0.1) is 0 Å². The lowest BCUT2D eigenvalue weighted by atomic mass is 9.80. The molecule has 0 saturated heterocycles. The second-order valence-electron chi connectivity index (χ2n) is 5.46. The van der Waals surface area contributed by atoms with Gasteiger partial charge in [-0.15, -0.1) is 0 Å². The predicted molar refractivity (Wildman–Crippen MR) is 70.1 cm³/mol. The molecule has 0 aromatic carbocycles. The van der Waals surface area contributed by atoms with E-state index in [9.17, 15) is 39.5 Å². The third-order valence-electron chi connectivity index (χ3n) is 4.10. The molecule has 1 saturated carbocycles. The summed E-state index contributed by atoms with van der Waals surface area (Å²) in [6, 6.07) is 0. The van der Waals surface area contributed by atoms with Crippen LogP contribution in [0, 0.1) is 5.92 Å². The van der Waals surface area contributed by atoms with Crippen LogP contribution >= 0.6 is 22.6 Å². The maximum Gasteiger partial charge on any atom is 0.381 e. The SMILES string of the molecule is CCCCC(I)C(C)C1(F)C(F)(F)C(F)(F)C(F)(F)C1(F)F. The zero-order valence-electron chi connectivity index (χ0n) is 11.6. The van der Waals surface area contributed by atoms with Crippen LogP contribution in [0.1, 0.15) is 33.1 Å². The first-order chi connectivity index (χ1) is 9.64. The van der Waals surface area contributed by atoms with Crippen molar-refractivity contribution in [1.82, 2.24) is 0 Å². The topological polar surface area (TPSA) is 0 Å². The van der Waals surface area contributed by atoms with Gasteiger partial charge in [0.2, 0.25) is 0 Å². The highest BCUT2D eigenvalue weighted by molar-refractivity contribution is 14.1. The van der Waals surface area contributed by atoms with Gasteiger partial charge in [0, 0.05) is 9.84 Å². The van der Waals surface area contributed by atoms with Gasteiger partial charge in [-0.05, 0) is 6.42 Å². The van der Waals surface area contributed by atoms with E-state index in [0.717, 1.165) is 0 Å². The van der Waals surface area contributed by atoms with E-state index < -0.39 is 39.2 Å². The van der Waals surface area contributed by atoms with Crippen molar-refractivity contribution in [3.8, 4) is 0 Å². The second kappa shape index (κ2) is 5.58. The number of hydrogen-bond acceptors (Lipinski definition) is 0. The summed E-state index contributed by atoms with van der Waals surface area (Å²) >= 11 is 1.35. The number of unbranched alkanes of at least 4 members (excludes halogenated alkanes) is 1. The van der Waals surface area contributed by atoms with Gasteiger partial charge in [0.25, 0.3) is 5.67 Å². The fourth-order valence-electron chi connectivity index (χ4n) is 2.52. The first-order valence-corrected chi connectivity index (χ1v) is 7.73. The van der Waals surface area contributed by atoms with Crippen LogP contribution in [0.15, 0.2) is 0 Å². The van der Waals surface area contributed by atoms with E-state index >= 15 is 0 Å². The van der Waals surface area contributed by atoms with Crippen molar-refractivity contribution < 1.29 is 39.5 Å². The minimum Gasteiger partial charge on any atom is -0.230 e. The Morgan fingerprint density at radius 1 is 0.773 bits per heavy atom. The Morgan fingerprint density at radius 3 is 1.45 bits per heavy atom. The molecule has 0 aromatic heterocycles. The first-order valence-electron chi connectivity index (χ1n) is 6.48. The van der Waals surface area contributed by atoms with Crippen molar-refractivity contribution in [3.05, 3.63) is 0 Å². The Labute approximate surface area is 134 Å². The lowest BCUT2D eigenvalue weighted by Gasteiger charge is -2.38. The Morgan fingerprint density at radius 2 is 1.14 bits per heavy atom. The summed E-state index contributed by atoms with van der Waals surface area (Å²) < 4.78 is 120. The number of halogens is 10. The number of hydrogen-bond donors (Lipinski definition) is 0. The second-order valence-corrected chi connectivity index (χ2v) is 7.06. The highest BCUT2D eigenvalue weighted by Crippen LogP contribution is 2.71. The smallest absolute Gasteiger partial charge is 0.230 e. The lowest BCUT2D eigenvalue weighted by Crippen LogP contribution is -2.60. The van der Waals surface area contributed by atoms with Crippen molar-refractivity contribution in [2.24, 2.45) is 5.92 Å². The van der Waals surface area contributed by atoms with Gasteiger partial charge in [0.15, 0.2) is 0 Å². The van der Waals surface area contributed by atoms with E-state index in [0.29, 0.717) is 19.8 Å². The summed E-state index contributed by atoms with van der Waals surface area (Å²) in [6.07, 6.45) is 0.815. The van der Waals surface area contributed by atoms with Crippen molar-refractivity contribution in [2.75, 3.05) is 0 Å². The monoisotopic (exact) mass is 456 g/mol. The zero-order valence-corrected chi connectivity index (χ0v) is 13.7. The van der Waals surface area contributed by atoms with Crippen LogP contribution in [0.5, 0.6) is 0 Å². The van der Waals surface area contributed by atoms with Gasteiger partial charge in [-0.1, -0.05) is 49.3 Å². The summed E-state index contributed by atoms with van der Waals surface area (Å²) in [5.41, 5.74) is -5.34. The summed E-state index contributed by atoms with van der Waals surface area (Å²) in [6.45, 7) is 2.21. The molecule has 0 nitrogen and oxygen atoms in total. The first kappa shape index (κ1) is 20.1. The molecule has 2 unspecified atom stereocenters. The molecule has 0 bridgehead atoms. The van der Waals surface area contributed by atoms with E-state index in [4.69, 9.17) is 0 Å². The van der Waals surface area contributed by atoms with Crippen LogP contribution in [-0.4, -0.2) is 33.3 Å². The molecule has 0 radical (unpaired) electrons. The van der Waals surface area contributed by atoms with Gasteiger partial charge in [0.1, 0.15) is 0 Å². The molecule has 132 valence electrons. The fraction of sp³-hybridized carbons (Fsp3) is 1.00. The van der Waals surface area contributed by atoms with Crippen LogP contribution in [-0.2, 0) is 0 Å². The molecular weight excluding hydrogens is 442 g/mol. The largest absolute Gasteiger partial charge is 0.381 e. The van der Waals surface area contributed by atoms with E-state index in [-0.39, 0.29) is 6.42 Å². The van der Waals surface area contributed by atoms with Gasteiger partial charge in [-0.3, -0.25) is 0 Å². The third kappa shape index (κ3) is 2.10. The van der Waals surface area contributed by atoms with Crippen LogP contribution < -0.4 is 0 Å². The van der Waals surface area contributed by atoms with Crippen LogP contribution in [0.2, 0.25) is 0 Å². The molecule has 0 heterocycles. The van der Waals surface area contributed by atoms with E-state index in [2.05, 4.69) is 0 Å². The quantitative estimate of drug-likeness (QED) is 0.276. The molecule has 0 N–H and O–H groups in total. The van der Waals surface area contributed by atoms with Crippen LogP contribution in [0.4, 0.5) is 39.5 Å². The molecule has 10 heteroatoms. The summed E-state index contributed by atoms with van der Waals surface area (Å²) in [5, 5.41) is 0. The minimum atomic E-state index is -6.48. The highest BCUT2D eigenvalue weighted by atomic mass is 127. The van der Waals surface area contributed by atoms with Crippen LogP contribution in [0.25, 0.3) is 0 Å². The molecule has 1 aliphatic rings. The van der Waals surface area contributed by atoms with E-state index in [1.165, 1.54) is 22.6 Å². The highest BCUT2D eigenvalue weighted by Gasteiger charge is 3.01. The Hall–Kier alpha value is 0.1000. The van der Waals surface area contributed by atoms with Gasteiger partial charge in [-0.2, -0.15) is 35.1 Å². The molecule has 0 spiro atoms. The Bertz CT molecular complexity index is 395. The number of alkyl halides is 10. The summed E-state index contributed by atoms with van der Waals surface area (Å²) in [5.74, 6) is -27.7. The molecule has 22 heavy (non-hydrogen) atoms. The molecular formula is C12H14F9I. The van der Waals surface area contributed by atoms with Crippen molar-refractivity contribution in [1.29, 1.82) is 0 Å². The van der Waals surface area contributed by atoms with Gasteiger partial charge >= 0.3 is 23.7 Å². The van der Waals surface area contributed by atoms with Gasteiger partial charge < -0.3 is 0 Å². The molecule has 1 fully saturated rings. The average Bonchev–Trinajstić information content (AvgIpc) is 2.45. The fourth-order valence-corrected chi connectivity index (χ4v) is 3.45. The molecule has 0 aromatic rings. The molecule has 2 atom stereocenters. The average molecular weight is 456 g/mol. The predicted octanol–water partition coefficient (Wildman–Crippen LogP) is 5.88. The van der Waals surface area contributed by atoms with Gasteiger partial charge in [-0.25, -0.2) is 4.39 Å². The molecule has 1 rings (SSSR count). The number of rotatable bonds is 5. The zero-order chi connectivity index (χ0) is 17.8. The maximum absolute atomic E-state index is 14.5. The van der Waals surface area contributed by atoms with Crippen molar-refractivity contribution in [2.45, 2.75) is 66.4 Å². The van der Waals surface area contributed by atoms with E-state index in [1.807, 2.05) is 0 Å². The molecule has 0 amide bonds. The van der Waals surface area contributed by atoms with E-state index in [1.54, 1.807) is 6.92 Å². The lowest BCUT2D eigenvalue weighted by molar-refractivity contribution is -0.303. The maximum atomic E-state index is 14.5. The molecule has 0 aliphatic heterocycles. The summed E-state index contributed by atoms with van der Waals surface area (Å²) in [4.78, 5) is 0.